The Balaban J connectivity index is 1.54. The quantitative estimate of drug-likeness (QED) is 0.755. The number of amides is 1. The number of anilines is 1. The molecule has 1 heterocycles. The molecule has 1 aromatic heterocycles. The number of aryl methyl sites for hydroxylation is 1. The SMILES string of the molecule is O=C(Nc1ccc(-c2cnco2)c(Cl)c1)C1CCc2ccccc21. The maximum absolute atomic E-state index is 12.6. The summed E-state index contributed by atoms with van der Waals surface area (Å²) >= 11 is 6.31. The molecule has 0 saturated heterocycles. The fourth-order valence-electron chi connectivity index (χ4n) is 3.20. The number of fused-ring (bicyclic) bond motifs is 1. The van der Waals surface area contributed by atoms with Crippen LogP contribution in [-0.2, 0) is 11.2 Å². The Bertz CT molecular complexity index is 890. The molecule has 3 aromatic rings. The fourth-order valence-corrected chi connectivity index (χ4v) is 3.47. The van der Waals surface area contributed by atoms with Crippen LogP contribution in [0, 0.1) is 0 Å². The van der Waals surface area contributed by atoms with E-state index in [0.717, 1.165) is 24.0 Å². The van der Waals surface area contributed by atoms with Gasteiger partial charge in [0, 0.05) is 11.3 Å². The number of carbonyl (C=O) groups excluding carboxylic acids is 1. The molecule has 0 fully saturated rings. The number of nitrogens with one attached hydrogen (secondary N) is 1. The molecule has 120 valence electrons. The molecule has 2 aromatic carbocycles. The van der Waals surface area contributed by atoms with Crippen molar-refractivity contribution in [2.24, 2.45) is 0 Å². The van der Waals surface area contributed by atoms with E-state index in [4.69, 9.17) is 16.0 Å². The van der Waals surface area contributed by atoms with Gasteiger partial charge in [-0.15, -0.1) is 0 Å². The first kappa shape index (κ1) is 15.0. The van der Waals surface area contributed by atoms with Gasteiger partial charge in [0.15, 0.2) is 12.2 Å². The molecule has 0 spiro atoms. The summed E-state index contributed by atoms with van der Waals surface area (Å²) in [6, 6.07) is 13.5. The van der Waals surface area contributed by atoms with E-state index < -0.39 is 0 Å². The molecule has 1 unspecified atom stereocenters. The number of oxazole rings is 1. The first-order valence-electron chi connectivity index (χ1n) is 7.79. The van der Waals surface area contributed by atoms with E-state index in [2.05, 4.69) is 16.4 Å². The van der Waals surface area contributed by atoms with Gasteiger partial charge in [0.1, 0.15) is 0 Å². The summed E-state index contributed by atoms with van der Waals surface area (Å²) < 4.78 is 5.26. The summed E-state index contributed by atoms with van der Waals surface area (Å²) in [6.45, 7) is 0. The monoisotopic (exact) mass is 338 g/mol. The number of benzene rings is 2. The average molecular weight is 339 g/mol. The van der Waals surface area contributed by atoms with Gasteiger partial charge < -0.3 is 9.73 Å². The van der Waals surface area contributed by atoms with Gasteiger partial charge in [0.2, 0.25) is 5.91 Å². The summed E-state index contributed by atoms with van der Waals surface area (Å²) in [7, 11) is 0. The van der Waals surface area contributed by atoms with E-state index in [1.54, 1.807) is 12.3 Å². The molecule has 0 radical (unpaired) electrons. The fraction of sp³-hybridized carbons (Fsp3) is 0.158. The molecule has 4 nitrogen and oxygen atoms in total. The summed E-state index contributed by atoms with van der Waals surface area (Å²) in [5.74, 6) is 0.500. The van der Waals surface area contributed by atoms with Crippen molar-refractivity contribution in [3.8, 4) is 11.3 Å². The maximum Gasteiger partial charge on any atom is 0.231 e. The molecule has 0 bridgehead atoms. The van der Waals surface area contributed by atoms with Crippen LogP contribution in [0.4, 0.5) is 5.69 Å². The Morgan fingerprint density at radius 2 is 2.12 bits per heavy atom. The molecule has 5 heteroatoms. The van der Waals surface area contributed by atoms with Crippen LogP contribution in [0.5, 0.6) is 0 Å². The number of halogens is 1. The van der Waals surface area contributed by atoms with E-state index in [0.29, 0.717) is 16.5 Å². The van der Waals surface area contributed by atoms with Gasteiger partial charge >= 0.3 is 0 Å². The van der Waals surface area contributed by atoms with Crippen LogP contribution in [0.2, 0.25) is 5.02 Å². The largest absolute Gasteiger partial charge is 0.443 e. The highest BCUT2D eigenvalue weighted by molar-refractivity contribution is 6.33. The Morgan fingerprint density at radius 1 is 1.25 bits per heavy atom. The minimum Gasteiger partial charge on any atom is -0.443 e. The van der Waals surface area contributed by atoms with Crippen molar-refractivity contribution in [2.75, 3.05) is 5.32 Å². The van der Waals surface area contributed by atoms with Gasteiger partial charge in [-0.3, -0.25) is 4.79 Å². The van der Waals surface area contributed by atoms with Crippen molar-refractivity contribution in [2.45, 2.75) is 18.8 Å². The topological polar surface area (TPSA) is 55.1 Å². The molecule has 1 aliphatic rings. The molecule has 1 amide bonds. The number of nitrogens with zero attached hydrogens (tertiary/aromatic N) is 1. The van der Waals surface area contributed by atoms with E-state index in [9.17, 15) is 4.79 Å². The Morgan fingerprint density at radius 3 is 2.92 bits per heavy atom. The highest BCUT2D eigenvalue weighted by Crippen LogP contribution is 2.35. The van der Waals surface area contributed by atoms with E-state index in [1.165, 1.54) is 12.0 Å². The Hall–Kier alpha value is -2.59. The lowest BCUT2D eigenvalue weighted by Gasteiger charge is -2.13. The smallest absolute Gasteiger partial charge is 0.231 e. The molecule has 4 rings (SSSR count). The minimum atomic E-state index is -0.103. The van der Waals surface area contributed by atoms with Crippen LogP contribution in [0.15, 0.2) is 59.5 Å². The predicted octanol–water partition coefficient (Wildman–Crippen LogP) is 4.66. The second kappa shape index (κ2) is 6.13. The summed E-state index contributed by atoms with van der Waals surface area (Å²) in [4.78, 5) is 16.5. The summed E-state index contributed by atoms with van der Waals surface area (Å²) in [5, 5.41) is 3.48. The van der Waals surface area contributed by atoms with Crippen molar-refractivity contribution in [1.82, 2.24) is 4.98 Å². The normalized spacial score (nSPS) is 16.0. The van der Waals surface area contributed by atoms with Gasteiger partial charge in [-0.25, -0.2) is 4.98 Å². The molecule has 1 atom stereocenters. The van der Waals surface area contributed by atoms with Crippen molar-refractivity contribution < 1.29 is 9.21 Å². The number of hydrogen-bond donors (Lipinski definition) is 1. The van der Waals surface area contributed by atoms with Crippen LogP contribution < -0.4 is 5.32 Å². The molecule has 0 saturated carbocycles. The van der Waals surface area contributed by atoms with E-state index >= 15 is 0 Å². The lowest BCUT2D eigenvalue weighted by atomic mass is 10.0. The molecular weight excluding hydrogens is 324 g/mol. The Labute approximate surface area is 144 Å². The molecular formula is C19H15ClN2O2. The van der Waals surface area contributed by atoms with Gasteiger partial charge in [-0.05, 0) is 42.2 Å². The molecule has 0 aliphatic heterocycles. The zero-order chi connectivity index (χ0) is 16.5. The standard InChI is InChI=1S/C19H15ClN2O2/c20-17-9-13(6-8-16(17)18-10-21-11-24-18)22-19(23)15-7-5-12-3-1-2-4-14(12)15/h1-4,6,8-11,15H,5,7H2,(H,22,23). The van der Waals surface area contributed by atoms with Crippen molar-refractivity contribution in [3.63, 3.8) is 0 Å². The minimum absolute atomic E-state index is 0.00318. The van der Waals surface area contributed by atoms with Crippen molar-refractivity contribution in [1.29, 1.82) is 0 Å². The van der Waals surface area contributed by atoms with Crippen molar-refractivity contribution in [3.05, 3.63) is 71.2 Å². The average Bonchev–Trinajstić information content (AvgIpc) is 3.24. The molecule has 24 heavy (non-hydrogen) atoms. The van der Waals surface area contributed by atoms with Crippen LogP contribution in [0.3, 0.4) is 0 Å². The van der Waals surface area contributed by atoms with Gasteiger partial charge in [0.05, 0.1) is 17.1 Å². The number of rotatable bonds is 3. The zero-order valence-corrected chi connectivity index (χ0v) is 13.6. The number of aromatic nitrogens is 1. The summed E-state index contributed by atoms with van der Waals surface area (Å²) in [6.07, 6.45) is 4.75. The maximum atomic E-state index is 12.6. The third kappa shape index (κ3) is 2.69. The third-order valence-electron chi connectivity index (χ3n) is 4.38. The second-order valence-electron chi connectivity index (χ2n) is 5.84. The summed E-state index contributed by atoms with van der Waals surface area (Å²) in [5.41, 5.74) is 3.81. The van der Waals surface area contributed by atoms with Gasteiger partial charge in [-0.2, -0.15) is 0 Å². The lowest BCUT2D eigenvalue weighted by Crippen LogP contribution is -2.19. The number of carbonyl (C=O) groups is 1. The molecule has 1 N–H and O–H groups in total. The van der Waals surface area contributed by atoms with Crippen LogP contribution in [-0.4, -0.2) is 10.9 Å². The zero-order valence-electron chi connectivity index (χ0n) is 12.8. The van der Waals surface area contributed by atoms with Crippen LogP contribution in [0.1, 0.15) is 23.5 Å². The predicted molar refractivity (Wildman–Crippen MR) is 93.1 cm³/mol. The first-order chi connectivity index (χ1) is 11.7. The van der Waals surface area contributed by atoms with Crippen LogP contribution >= 0.6 is 11.6 Å². The highest BCUT2D eigenvalue weighted by atomic mass is 35.5. The van der Waals surface area contributed by atoms with Crippen LogP contribution in [0.25, 0.3) is 11.3 Å². The van der Waals surface area contributed by atoms with E-state index in [-0.39, 0.29) is 11.8 Å². The molecule has 1 aliphatic carbocycles. The van der Waals surface area contributed by atoms with Crippen molar-refractivity contribution >= 4 is 23.2 Å². The Kier molecular flexibility index (Phi) is 3.82. The van der Waals surface area contributed by atoms with Gasteiger partial charge in [0.25, 0.3) is 0 Å². The first-order valence-corrected chi connectivity index (χ1v) is 8.17. The number of hydrogen-bond acceptors (Lipinski definition) is 3. The second-order valence-corrected chi connectivity index (χ2v) is 6.25. The van der Waals surface area contributed by atoms with Gasteiger partial charge in [-0.1, -0.05) is 35.9 Å². The third-order valence-corrected chi connectivity index (χ3v) is 4.70. The van der Waals surface area contributed by atoms with E-state index in [1.807, 2.05) is 30.3 Å². The highest BCUT2D eigenvalue weighted by Gasteiger charge is 2.28. The lowest BCUT2D eigenvalue weighted by molar-refractivity contribution is -0.117.